The summed E-state index contributed by atoms with van der Waals surface area (Å²) in [6, 6.07) is 5.98. The van der Waals surface area contributed by atoms with Crippen LogP contribution in [0.25, 0.3) is 0 Å². The molecule has 0 aliphatic heterocycles. The third-order valence-electron chi connectivity index (χ3n) is 2.54. The molecule has 0 aliphatic rings. The second-order valence-electron chi connectivity index (χ2n) is 4.78. The maximum absolute atomic E-state index is 6.07. The molecule has 1 atom stereocenters. The monoisotopic (exact) mass is 328 g/mol. The van der Waals surface area contributed by atoms with Crippen molar-refractivity contribution in [3.8, 4) is 0 Å². The number of hydrogen-bond donors (Lipinski definition) is 1. The molecule has 1 aromatic carbocycles. The van der Waals surface area contributed by atoms with Gasteiger partial charge in [-0.05, 0) is 37.1 Å². The molecule has 20 heavy (non-hydrogen) atoms. The van der Waals surface area contributed by atoms with Gasteiger partial charge in [-0.3, -0.25) is 0 Å². The molecule has 2 N–H and O–H groups in total. The predicted molar refractivity (Wildman–Crippen MR) is 87.2 cm³/mol. The van der Waals surface area contributed by atoms with Crippen LogP contribution in [0.3, 0.4) is 0 Å². The van der Waals surface area contributed by atoms with E-state index in [1.165, 1.54) is 0 Å². The molecule has 2 rings (SSSR count). The maximum atomic E-state index is 6.07. The van der Waals surface area contributed by atoms with E-state index in [0.29, 0.717) is 0 Å². The Morgan fingerprint density at radius 1 is 1.40 bits per heavy atom. The highest BCUT2D eigenvalue weighted by Crippen LogP contribution is 2.35. The molecule has 0 radical (unpaired) electrons. The third kappa shape index (κ3) is 4.09. The van der Waals surface area contributed by atoms with Crippen molar-refractivity contribution in [3.05, 3.63) is 28.8 Å². The molecule has 108 valence electrons. The van der Waals surface area contributed by atoms with Gasteiger partial charge in [-0.2, -0.15) is 0 Å². The van der Waals surface area contributed by atoms with E-state index >= 15 is 0 Å². The lowest BCUT2D eigenvalue weighted by molar-refractivity contribution is 0.729. The fourth-order valence-corrected chi connectivity index (χ4v) is 3.71. The molecule has 0 bridgehead atoms. The summed E-state index contributed by atoms with van der Waals surface area (Å²) in [6.45, 7) is 1.99. The zero-order chi connectivity index (χ0) is 14.7. The Morgan fingerprint density at radius 2 is 2.15 bits per heavy atom. The average Bonchev–Trinajstić information content (AvgIpc) is 2.80. The summed E-state index contributed by atoms with van der Waals surface area (Å²) in [5.74, 6) is 0. The van der Waals surface area contributed by atoms with Crippen molar-refractivity contribution in [2.24, 2.45) is 5.73 Å². The van der Waals surface area contributed by atoms with Crippen molar-refractivity contribution in [1.29, 1.82) is 0 Å². The number of aromatic nitrogens is 2. The fourth-order valence-electron chi connectivity index (χ4n) is 1.67. The minimum atomic E-state index is 0.0968. The SMILES string of the molecule is CC(N)Cc1cc(Cl)ccc1Sc1nnc(N(C)C)s1. The van der Waals surface area contributed by atoms with Crippen molar-refractivity contribution in [3.63, 3.8) is 0 Å². The van der Waals surface area contributed by atoms with Gasteiger partial charge >= 0.3 is 0 Å². The van der Waals surface area contributed by atoms with Crippen LogP contribution in [0.2, 0.25) is 5.02 Å². The van der Waals surface area contributed by atoms with Crippen LogP contribution in [-0.4, -0.2) is 30.3 Å². The van der Waals surface area contributed by atoms with Crippen LogP contribution in [0.5, 0.6) is 0 Å². The largest absolute Gasteiger partial charge is 0.353 e. The molecule has 0 saturated heterocycles. The van der Waals surface area contributed by atoms with Gasteiger partial charge in [-0.15, -0.1) is 10.2 Å². The number of anilines is 1. The molecule has 1 aromatic heterocycles. The molecular formula is C13H17ClN4S2. The van der Waals surface area contributed by atoms with Gasteiger partial charge in [-0.25, -0.2) is 0 Å². The lowest BCUT2D eigenvalue weighted by atomic mass is 10.1. The third-order valence-corrected chi connectivity index (χ3v) is 5.04. The number of nitrogens with zero attached hydrogens (tertiary/aromatic N) is 3. The summed E-state index contributed by atoms with van der Waals surface area (Å²) in [6.07, 6.45) is 0.794. The molecule has 7 heteroatoms. The van der Waals surface area contributed by atoms with E-state index in [1.54, 1.807) is 23.1 Å². The first-order chi connectivity index (χ1) is 9.45. The van der Waals surface area contributed by atoms with Crippen molar-refractivity contribution >= 4 is 39.8 Å². The van der Waals surface area contributed by atoms with Crippen LogP contribution < -0.4 is 10.6 Å². The molecule has 0 spiro atoms. The molecule has 0 aliphatic carbocycles. The van der Waals surface area contributed by atoms with Gasteiger partial charge in [0, 0.05) is 30.1 Å². The smallest absolute Gasteiger partial charge is 0.208 e. The first kappa shape index (κ1) is 15.6. The highest BCUT2D eigenvalue weighted by molar-refractivity contribution is 8.01. The van der Waals surface area contributed by atoms with Gasteiger partial charge in [0.2, 0.25) is 5.13 Å². The lowest BCUT2D eigenvalue weighted by Crippen LogP contribution is -2.18. The van der Waals surface area contributed by atoms with Crippen LogP contribution >= 0.6 is 34.7 Å². The van der Waals surface area contributed by atoms with Crippen LogP contribution in [-0.2, 0) is 6.42 Å². The summed E-state index contributed by atoms with van der Waals surface area (Å²) >= 11 is 9.24. The van der Waals surface area contributed by atoms with E-state index in [9.17, 15) is 0 Å². The minimum absolute atomic E-state index is 0.0968. The van der Waals surface area contributed by atoms with Crippen LogP contribution in [0, 0.1) is 0 Å². The molecule has 1 unspecified atom stereocenters. The molecule has 0 fully saturated rings. The van der Waals surface area contributed by atoms with Crippen LogP contribution in [0.1, 0.15) is 12.5 Å². The van der Waals surface area contributed by atoms with Crippen molar-refractivity contribution < 1.29 is 0 Å². The summed E-state index contributed by atoms with van der Waals surface area (Å²) < 4.78 is 0.918. The summed E-state index contributed by atoms with van der Waals surface area (Å²) in [7, 11) is 3.91. The predicted octanol–water partition coefficient (Wildman–Crippen LogP) is 3.30. The standard InChI is InChI=1S/C13H17ClN4S2/c1-8(15)6-9-7-10(14)4-5-11(9)19-13-17-16-12(20-13)18(2)3/h4-5,7-8H,6,15H2,1-3H3. The first-order valence-electron chi connectivity index (χ1n) is 6.18. The van der Waals surface area contributed by atoms with Gasteiger partial charge in [0.15, 0.2) is 4.34 Å². The first-order valence-corrected chi connectivity index (χ1v) is 8.19. The van der Waals surface area contributed by atoms with Gasteiger partial charge < -0.3 is 10.6 Å². The average molecular weight is 329 g/mol. The van der Waals surface area contributed by atoms with Gasteiger partial charge in [-0.1, -0.05) is 34.7 Å². The second-order valence-corrected chi connectivity index (χ2v) is 7.46. The number of benzene rings is 1. The summed E-state index contributed by atoms with van der Waals surface area (Å²) in [5, 5.41) is 9.97. The number of hydrogen-bond acceptors (Lipinski definition) is 6. The molecule has 2 aromatic rings. The number of rotatable bonds is 5. The fraction of sp³-hybridized carbons (Fsp3) is 0.385. The zero-order valence-corrected chi connectivity index (χ0v) is 14.0. The minimum Gasteiger partial charge on any atom is -0.353 e. The topological polar surface area (TPSA) is 55.0 Å². The Morgan fingerprint density at radius 3 is 2.75 bits per heavy atom. The molecule has 1 heterocycles. The molecule has 0 amide bonds. The molecular weight excluding hydrogens is 312 g/mol. The Hall–Kier alpha value is -0.820. The Bertz CT molecular complexity index is 584. The van der Waals surface area contributed by atoms with Crippen molar-refractivity contribution in [2.75, 3.05) is 19.0 Å². The zero-order valence-electron chi connectivity index (χ0n) is 11.6. The van der Waals surface area contributed by atoms with Gasteiger partial charge in [0.05, 0.1) is 0 Å². The highest BCUT2D eigenvalue weighted by Gasteiger charge is 2.12. The number of halogens is 1. The van der Waals surface area contributed by atoms with Gasteiger partial charge in [0.25, 0.3) is 0 Å². The Balaban J connectivity index is 2.23. The maximum Gasteiger partial charge on any atom is 0.208 e. The van der Waals surface area contributed by atoms with Gasteiger partial charge in [0.1, 0.15) is 0 Å². The van der Waals surface area contributed by atoms with E-state index in [2.05, 4.69) is 10.2 Å². The highest BCUT2D eigenvalue weighted by atomic mass is 35.5. The lowest BCUT2D eigenvalue weighted by Gasteiger charge is -2.10. The van der Waals surface area contributed by atoms with Crippen molar-refractivity contribution in [1.82, 2.24) is 10.2 Å². The second kappa shape index (κ2) is 6.76. The van der Waals surface area contributed by atoms with E-state index in [0.717, 1.165) is 31.4 Å². The quantitative estimate of drug-likeness (QED) is 0.912. The molecule has 0 saturated carbocycles. The molecule has 4 nitrogen and oxygen atoms in total. The van der Waals surface area contributed by atoms with E-state index in [4.69, 9.17) is 17.3 Å². The number of nitrogens with two attached hydrogens (primary N) is 1. The normalized spacial score (nSPS) is 12.4. The van der Waals surface area contributed by atoms with E-state index in [1.807, 2.05) is 44.1 Å². The Kier molecular flexibility index (Phi) is 5.26. The summed E-state index contributed by atoms with van der Waals surface area (Å²) in [5.41, 5.74) is 7.05. The van der Waals surface area contributed by atoms with Crippen LogP contribution in [0.4, 0.5) is 5.13 Å². The van der Waals surface area contributed by atoms with E-state index in [-0.39, 0.29) is 6.04 Å². The van der Waals surface area contributed by atoms with Crippen LogP contribution in [0.15, 0.2) is 27.4 Å². The van der Waals surface area contributed by atoms with Crippen molar-refractivity contribution in [2.45, 2.75) is 28.6 Å². The summed E-state index contributed by atoms with van der Waals surface area (Å²) in [4.78, 5) is 3.08. The van der Waals surface area contributed by atoms with E-state index < -0.39 is 0 Å². The Labute approximate surface area is 132 Å².